The van der Waals surface area contributed by atoms with Crippen molar-refractivity contribution < 1.29 is 8.42 Å². The van der Waals surface area contributed by atoms with E-state index < -0.39 is 10.0 Å². The van der Waals surface area contributed by atoms with Gasteiger partial charge in [0.05, 0.1) is 5.75 Å². The summed E-state index contributed by atoms with van der Waals surface area (Å²) in [5.41, 5.74) is 0. The Balaban J connectivity index is 2.14. The maximum atomic E-state index is 12.4. The lowest BCUT2D eigenvalue weighted by Gasteiger charge is -2.20. The van der Waals surface area contributed by atoms with Gasteiger partial charge in [-0.3, -0.25) is 0 Å². The van der Waals surface area contributed by atoms with E-state index in [9.17, 15) is 8.42 Å². The van der Waals surface area contributed by atoms with Crippen molar-refractivity contribution in [2.75, 3.05) is 11.6 Å². The lowest BCUT2D eigenvalue weighted by molar-refractivity contribution is 0.406. The van der Waals surface area contributed by atoms with Crippen LogP contribution in [0.25, 0.3) is 0 Å². The lowest BCUT2D eigenvalue weighted by atomic mass is 10.4. The maximum absolute atomic E-state index is 12.4. The van der Waals surface area contributed by atoms with E-state index in [0.29, 0.717) is 25.4 Å². The highest BCUT2D eigenvalue weighted by Crippen LogP contribution is 2.20. The summed E-state index contributed by atoms with van der Waals surface area (Å²) in [6.45, 7) is 0.861. The van der Waals surface area contributed by atoms with E-state index >= 15 is 0 Å². The summed E-state index contributed by atoms with van der Waals surface area (Å²) in [5, 5.41) is 3.92. The van der Waals surface area contributed by atoms with Gasteiger partial charge >= 0.3 is 0 Å². The molecule has 0 atom stereocenters. The topological polar surface area (TPSA) is 37.4 Å². The van der Waals surface area contributed by atoms with Crippen molar-refractivity contribution in [2.45, 2.75) is 19.5 Å². The Morgan fingerprint density at radius 3 is 2.00 bits per heavy atom. The molecule has 0 aliphatic heterocycles. The van der Waals surface area contributed by atoms with Crippen molar-refractivity contribution in [3.63, 3.8) is 0 Å². The van der Waals surface area contributed by atoms with E-state index in [0.717, 1.165) is 9.75 Å². The number of alkyl halides is 1. The Labute approximate surface area is 132 Å². The molecule has 0 saturated carbocycles. The number of rotatable bonds is 8. The summed E-state index contributed by atoms with van der Waals surface area (Å²) in [6, 6.07) is 7.80. The van der Waals surface area contributed by atoms with Crippen LogP contribution in [-0.2, 0) is 23.1 Å². The van der Waals surface area contributed by atoms with E-state index in [1.54, 1.807) is 27.0 Å². The molecule has 7 heteroatoms. The molecule has 2 aromatic heterocycles. The molecule has 0 bridgehead atoms. The predicted octanol–water partition coefficient (Wildman–Crippen LogP) is 3.77. The van der Waals surface area contributed by atoms with Gasteiger partial charge in [-0.15, -0.1) is 34.3 Å². The molecule has 110 valence electrons. The number of nitrogens with zero attached hydrogens (tertiary/aromatic N) is 1. The first-order valence-electron chi connectivity index (χ1n) is 6.20. The van der Waals surface area contributed by atoms with Crippen LogP contribution < -0.4 is 0 Å². The fourth-order valence-electron chi connectivity index (χ4n) is 1.77. The minimum atomic E-state index is -3.27. The first kappa shape index (κ1) is 16.0. The number of halogens is 1. The average molecular weight is 350 g/mol. The van der Waals surface area contributed by atoms with Gasteiger partial charge in [0.2, 0.25) is 10.0 Å². The summed E-state index contributed by atoms with van der Waals surface area (Å²) >= 11 is 8.77. The molecule has 0 fully saturated rings. The van der Waals surface area contributed by atoms with Gasteiger partial charge in [0.25, 0.3) is 0 Å². The van der Waals surface area contributed by atoms with Gasteiger partial charge in [-0.1, -0.05) is 12.1 Å². The van der Waals surface area contributed by atoms with Crippen LogP contribution in [0.4, 0.5) is 0 Å². The lowest BCUT2D eigenvalue weighted by Crippen LogP contribution is -2.31. The highest BCUT2D eigenvalue weighted by atomic mass is 35.5. The quantitative estimate of drug-likeness (QED) is 0.680. The van der Waals surface area contributed by atoms with Crippen LogP contribution in [0.5, 0.6) is 0 Å². The normalized spacial score (nSPS) is 12.1. The SMILES string of the molecule is O=S(=O)(CCCCl)N(Cc1cccs1)Cc1cccs1. The van der Waals surface area contributed by atoms with Crippen LogP contribution in [0.3, 0.4) is 0 Å². The van der Waals surface area contributed by atoms with Gasteiger partial charge in [0, 0.05) is 28.7 Å². The fraction of sp³-hybridized carbons (Fsp3) is 0.385. The molecule has 0 unspecified atom stereocenters. The largest absolute Gasteiger partial charge is 0.214 e. The van der Waals surface area contributed by atoms with Crippen LogP contribution in [0, 0.1) is 0 Å². The Morgan fingerprint density at radius 2 is 1.60 bits per heavy atom. The summed E-state index contributed by atoms with van der Waals surface area (Å²) < 4.78 is 26.4. The molecular formula is C13H16ClNO2S3. The summed E-state index contributed by atoms with van der Waals surface area (Å²) in [5.74, 6) is 0.471. The monoisotopic (exact) mass is 349 g/mol. The minimum Gasteiger partial charge on any atom is -0.212 e. The molecule has 20 heavy (non-hydrogen) atoms. The zero-order chi connectivity index (χ0) is 14.4. The molecule has 2 aromatic rings. The van der Waals surface area contributed by atoms with E-state index in [4.69, 9.17) is 11.6 Å². The van der Waals surface area contributed by atoms with Gasteiger partial charge in [-0.05, 0) is 29.3 Å². The van der Waals surface area contributed by atoms with Crippen LogP contribution >= 0.6 is 34.3 Å². The zero-order valence-electron chi connectivity index (χ0n) is 10.9. The molecule has 0 spiro atoms. The highest BCUT2D eigenvalue weighted by molar-refractivity contribution is 7.89. The van der Waals surface area contributed by atoms with Gasteiger partial charge in [-0.2, -0.15) is 4.31 Å². The first-order chi connectivity index (χ1) is 9.62. The van der Waals surface area contributed by atoms with Crippen molar-refractivity contribution in [1.29, 1.82) is 0 Å². The van der Waals surface area contributed by atoms with E-state index in [1.165, 1.54) is 0 Å². The Hall–Kier alpha value is -0.400. The summed E-state index contributed by atoms with van der Waals surface area (Å²) in [7, 11) is -3.27. The molecule has 0 saturated heterocycles. The zero-order valence-corrected chi connectivity index (χ0v) is 14.1. The third-order valence-corrected chi connectivity index (χ3v) is 6.59. The van der Waals surface area contributed by atoms with Crippen LogP contribution in [0.1, 0.15) is 16.2 Å². The van der Waals surface area contributed by atoms with Gasteiger partial charge in [0.1, 0.15) is 0 Å². The van der Waals surface area contributed by atoms with Crippen LogP contribution in [0.15, 0.2) is 35.0 Å². The van der Waals surface area contributed by atoms with Crippen LogP contribution in [0.2, 0.25) is 0 Å². The van der Waals surface area contributed by atoms with E-state index in [-0.39, 0.29) is 5.75 Å². The van der Waals surface area contributed by atoms with E-state index in [1.807, 2.05) is 35.0 Å². The second-order valence-electron chi connectivity index (χ2n) is 4.29. The van der Waals surface area contributed by atoms with E-state index in [2.05, 4.69) is 0 Å². The summed E-state index contributed by atoms with van der Waals surface area (Å²) in [6.07, 6.45) is 0.481. The third kappa shape index (κ3) is 4.56. The molecule has 0 N–H and O–H groups in total. The minimum absolute atomic E-state index is 0.104. The average Bonchev–Trinajstić information content (AvgIpc) is 3.09. The Morgan fingerprint density at radius 1 is 1.05 bits per heavy atom. The van der Waals surface area contributed by atoms with Gasteiger partial charge in [-0.25, -0.2) is 8.42 Å². The first-order valence-corrected chi connectivity index (χ1v) is 10.1. The summed E-state index contributed by atoms with van der Waals surface area (Å²) in [4.78, 5) is 2.10. The molecule has 2 rings (SSSR count). The van der Waals surface area contributed by atoms with Crippen molar-refractivity contribution >= 4 is 44.3 Å². The Bertz CT molecular complexity index is 557. The van der Waals surface area contributed by atoms with Crippen LogP contribution in [-0.4, -0.2) is 24.4 Å². The van der Waals surface area contributed by atoms with Crippen molar-refractivity contribution in [2.24, 2.45) is 0 Å². The van der Waals surface area contributed by atoms with Crippen molar-refractivity contribution in [1.82, 2.24) is 4.31 Å². The molecular weight excluding hydrogens is 334 g/mol. The number of hydrogen-bond acceptors (Lipinski definition) is 4. The number of hydrogen-bond donors (Lipinski definition) is 0. The Kier molecular flexibility index (Phi) is 6.04. The van der Waals surface area contributed by atoms with Crippen molar-refractivity contribution in [3.05, 3.63) is 44.8 Å². The molecule has 0 aliphatic carbocycles. The molecule has 0 aromatic carbocycles. The van der Waals surface area contributed by atoms with Gasteiger partial charge < -0.3 is 0 Å². The second-order valence-corrected chi connectivity index (χ2v) is 8.82. The third-order valence-electron chi connectivity index (χ3n) is 2.75. The smallest absolute Gasteiger partial charge is 0.212 e. The maximum Gasteiger partial charge on any atom is 0.214 e. The number of thiophene rings is 2. The highest BCUT2D eigenvalue weighted by Gasteiger charge is 2.22. The molecule has 0 amide bonds. The predicted molar refractivity (Wildman–Crippen MR) is 87.0 cm³/mol. The number of sulfonamides is 1. The molecule has 2 heterocycles. The molecule has 0 radical (unpaired) electrons. The van der Waals surface area contributed by atoms with Gasteiger partial charge in [0.15, 0.2) is 0 Å². The molecule has 3 nitrogen and oxygen atoms in total. The second kappa shape index (κ2) is 7.56. The standard InChI is InChI=1S/C13H16ClNO2S3/c14-6-3-9-20(16,17)15(10-12-4-1-7-18-12)11-13-5-2-8-19-13/h1-2,4-5,7-8H,3,6,9-11H2. The molecule has 0 aliphatic rings. The fourth-order valence-corrected chi connectivity index (χ4v) is 5.10. The van der Waals surface area contributed by atoms with Crippen molar-refractivity contribution in [3.8, 4) is 0 Å².